The zero-order valence-electron chi connectivity index (χ0n) is 14.0. The zero-order chi connectivity index (χ0) is 16.2. The molecule has 1 heterocycles. The number of hydrogen-bond acceptors (Lipinski definition) is 4. The Bertz CT molecular complexity index is 646. The summed E-state index contributed by atoms with van der Waals surface area (Å²) in [5.74, 6) is 0.903. The first kappa shape index (κ1) is 15.7. The van der Waals surface area contributed by atoms with Crippen molar-refractivity contribution in [3.63, 3.8) is 0 Å². The molecule has 0 spiro atoms. The predicted molar refractivity (Wildman–Crippen MR) is 96.5 cm³/mol. The van der Waals surface area contributed by atoms with Crippen LogP contribution < -0.4 is 20.3 Å². The van der Waals surface area contributed by atoms with Gasteiger partial charge in [0.15, 0.2) is 0 Å². The van der Waals surface area contributed by atoms with Crippen molar-refractivity contribution in [2.45, 2.75) is 13.5 Å². The molecule has 4 heteroatoms. The molecule has 1 aliphatic heterocycles. The summed E-state index contributed by atoms with van der Waals surface area (Å²) in [4.78, 5) is 4.88. The number of ether oxygens (including phenoxy) is 1. The van der Waals surface area contributed by atoms with Crippen LogP contribution in [0, 0.1) is 6.92 Å². The number of hydrogen-bond donors (Lipinski definition) is 1. The lowest BCUT2D eigenvalue weighted by Gasteiger charge is -2.38. The van der Waals surface area contributed by atoms with Crippen LogP contribution in [0.25, 0.3) is 0 Å². The van der Waals surface area contributed by atoms with Crippen molar-refractivity contribution < 1.29 is 4.74 Å². The Morgan fingerprint density at radius 3 is 2.22 bits per heavy atom. The molecule has 2 aromatic carbocycles. The minimum absolute atomic E-state index is 0.592. The molecule has 0 bridgehead atoms. The number of nitrogens with two attached hydrogens (primary N) is 1. The summed E-state index contributed by atoms with van der Waals surface area (Å²) in [6, 6.07) is 14.9. The molecule has 0 saturated carbocycles. The van der Waals surface area contributed by atoms with Crippen LogP contribution in [-0.4, -0.2) is 33.3 Å². The summed E-state index contributed by atoms with van der Waals surface area (Å²) >= 11 is 0. The first-order valence-electron chi connectivity index (χ1n) is 8.15. The van der Waals surface area contributed by atoms with Crippen LogP contribution in [0.5, 0.6) is 5.75 Å². The summed E-state index contributed by atoms with van der Waals surface area (Å²) in [6.07, 6.45) is 0. The van der Waals surface area contributed by atoms with Gasteiger partial charge in [-0.15, -0.1) is 0 Å². The van der Waals surface area contributed by atoms with Gasteiger partial charge in [-0.1, -0.05) is 12.1 Å². The first-order chi connectivity index (χ1) is 11.2. The van der Waals surface area contributed by atoms with Crippen molar-refractivity contribution in [2.24, 2.45) is 5.73 Å². The lowest BCUT2D eigenvalue weighted by Crippen LogP contribution is -2.46. The molecule has 0 atom stereocenters. The van der Waals surface area contributed by atoms with Crippen LogP contribution in [0.1, 0.15) is 11.1 Å². The van der Waals surface area contributed by atoms with Gasteiger partial charge in [-0.3, -0.25) is 0 Å². The fourth-order valence-electron chi connectivity index (χ4n) is 3.14. The maximum atomic E-state index is 5.90. The summed E-state index contributed by atoms with van der Waals surface area (Å²) < 4.78 is 5.23. The number of rotatable bonds is 4. The number of nitrogens with zero attached hydrogens (tertiary/aromatic N) is 2. The Balaban J connectivity index is 1.69. The Hall–Kier alpha value is -2.20. The van der Waals surface area contributed by atoms with E-state index in [1.165, 1.54) is 22.5 Å². The first-order valence-corrected chi connectivity index (χ1v) is 8.15. The lowest BCUT2D eigenvalue weighted by molar-refractivity contribution is 0.415. The average molecular weight is 311 g/mol. The van der Waals surface area contributed by atoms with E-state index in [9.17, 15) is 0 Å². The van der Waals surface area contributed by atoms with E-state index in [1.54, 1.807) is 7.11 Å². The topological polar surface area (TPSA) is 41.7 Å². The SMILES string of the molecule is COc1ccc(N2CCN(c3cc(C)ccc3CN)CC2)cc1. The molecule has 122 valence electrons. The maximum Gasteiger partial charge on any atom is 0.119 e. The van der Waals surface area contributed by atoms with E-state index >= 15 is 0 Å². The van der Waals surface area contributed by atoms with Gasteiger partial charge in [-0.25, -0.2) is 0 Å². The molecule has 2 N–H and O–H groups in total. The van der Waals surface area contributed by atoms with Crippen molar-refractivity contribution in [3.8, 4) is 5.75 Å². The highest BCUT2D eigenvalue weighted by molar-refractivity contribution is 5.58. The third-order valence-corrected chi connectivity index (χ3v) is 4.52. The smallest absolute Gasteiger partial charge is 0.119 e. The normalized spacial score (nSPS) is 14.9. The molecule has 0 radical (unpaired) electrons. The molecule has 1 aliphatic rings. The van der Waals surface area contributed by atoms with Gasteiger partial charge in [0.05, 0.1) is 7.11 Å². The minimum atomic E-state index is 0.592. The van der Waals surface area contributed by atoms with E-state index in [2.05, 4.69) is 47.1 Å². The molecule has 3 rings (SSSR count). The van der Waals surface area contributed by atoms with Crippen LogP contribution in [0.15, 0.2) is 42.5 Å². The molecular formula is C19H25N3O. The highest BCUT2D eigenvalue weighted by Crippen LogP contribution is 2.26. The average Bonchev–Trinajstić information content (AvgIpc) is 2.62. The standard InChI is InChI=1S/C19H25N3O/c1-15-3-4-16(14-20)19(13-15)22-11-9-21(10-12-22)17-5-7-18(23-2)8-6-17/h3-8,13H,9-12,14,20H2,1-2H3. The Morgan fingerprint density at radius 1 is 0.957 bits per heavy atom. The molecule has 4 nitrogen and oxygen atoms in total. The summed E-state index contributed by atoms with van der Waals surface area (Å²) in [6.45, 7) is 6.80. The van der Waals surface area contributed by atoms with Crippen LogP contribution in [0.3, 0.4) is 0 Å². The fraction of sp³-hybridized carbons (Fsp3) is 0.368. The number of aryl methyl sites for hydroxylation is 1. The van der Waals surface area contributed by atoms with E-state index in [-0.39, 0.29) is 0 Å². The second kappa shape index (κ2) is 6.92. The molecule has 0 amide bonds. The van der Waals surface area contributed by atoms with Crippen LogP contribution in [0.4, 0.5) is 11.4 Å². The Morgan fingerprint density at radius 2 is 1.61 bits per heavy atom. The van der Waals surface area contributed by atoms with Gasteiger partial charge in [-0.05, 0) is 48.4 Å². The zero-order valence-corrected chi connectivity index (χ0v) is 14.0. The maximum absolute atomic E-state index is 5.90. The molecule has 1 fully saturated rings. The van der Waals surface area contributed by atoms with Crippen molar-refractivity contribution in [3.05, 3.63) is 53.6 Å². The summed E-state index contributed by atoms with van der Waals surface area (Å²) in [7, 11) is 1.70. The molecule has 0 aromatic heterocycles. The van der Waals surface area contributed by atoms with Gasteiger partial charge >= 0.3 is 0 Å². The molecule has 23 heavy (non-hydrogen) atoms. The number of benzene rings is 2. The van der Waals surface area contributed by atoms with E-state index in [0.29, 0.717) is 6.54 Å². The Kier molecular flexibility index (Phi) is 4.72. The quantitative estimate of drug-likeness (QED) is 0.943. The molecule has 2 aromatic rings. The third kappa shape index (κ3) is 3.42. The predicted octanol–water partition coefficient (Wildman–Crippen LogP) is 2.79. The van der Waals surface area contributed by atoms with Crippen molar-refractivity contribution in [1.82, 2.24) is 0 Å². The number of methoxy groups -OCH3 is 1. The fourth-order valence-corrected chi connectivity index (χ4v) is 3.14. The second-order valence-corrected chi connectivity index (χ2v) is 6.01. The van der Waals surface area contributed by atoms with Gasteiger partial charge < -0.3 is 20.3 Å². The van der Waals surface area contributed by atoms with E-state index < -0.39 is 0 Å². The van der Waals surface area contributed by atoms with Gasteiger partial charge in [0.2, 0.25) is 0 Å². The van der Waals surface area contributed by atoms with Crippen LogP contribution in [0.2, 0.25) is 0 Å². The highest BCUT2D eigenvalue weighted by atomic mass is 16.5. The van der Waals surface area contributed by atoms with Crippen molar-refractivity contribution >= 4 is 11.4 Å². The largest absolute Gasteiger partial charge is 0.497 e. The van der Waals surface area contributed by atoms with Crippen molar-refractivity contribution in [2.75, 3.05) is 43.1 Å². The van der Waals surface area contributed by atoms with Gasteiger partial charge in [0.1, 0.15) is 5.75 Å². The molecular weight excluding hydrogens is 286 g/mol. The van der Waals surface area contributed by atoms with Crippen LogP contribution in [-0.2, 0) is 6.54 Å². The van der Waals surface area contributed by atoms with Gasteiger partial charge in [-0.2, -0.15) is 0 Å². The van der Waals surface area contributed by atoms with Gasteiger partial charge in [0.25, 0.3) is 0 Å². The monoisotopic (exact) mass is 311 g/mol. The summed E-state index contributed by atoms with van der Waals surface area (Å²) in [5.41, 5.74) is 11.0. The van der Waals surface area contributed by atoms with E-state index in [4.69, 9.17) is 10.5 Å². The molecule has 1 saturated heterocycles. The Labute approximate surface area is 138 Å². The van der Waals surface area contributed by atoms with Crippen molar-refractivity contribution in [1.29, 1.82) is 0 Å². The molecule has 0 aliphatic carbocycles. The highest BCUT2D eigenvalue weighted by Gasteiger charge is 2.19. The van der Waals surface area contributed by atoms with Gasteiger partial charge in [0, 0.05) is 44.1 Å². The third-order valence-electron chi connectivity index (χ3n) is 4.52. The lowest BCUT2D eigenvalue weighted by atomic mass is 10.1. The van der Waals surface area contributed by atoms with E-state index in [0.717, 1.165) is 31.9 Å². The number of piperazine rings is 1. The van der Waals surface area contributed by atoms with Crippen LogP contribution >= 0.6 is 0 Å². The number of anilines is 2. The van der Waals surface area contributed by atoms with E-state index in [1.807, 2.05) is 12.1 Å². The second-order valence-electron chi connectivity index (χ2n) is 6.01. The molecule has 0 unspecified atom stereocenters. The summed E-state index contributed by atoms with van der Waals surface area (Å²) in [5, 5.41) is 0. The minimum Gasteiger partial charge on any atom is -0.497 e.